The van der Waals surface area contributed by atoms with Crippen molar-refractivity contribution in [3.05, 3.63) is 83.9 Å². The van der Waals surface area contributed by atoms with Gasteiger partial charge in [0.2, 0.25) is 0 Å². The topological polar surface area (TPSA) is 52.6 Å². The van der Waals surface area contributed by atoms with E-state index in [1.54, 1.807) is 12.2 Å². The summed E-state index contributed by atoms with van der Waals surface area (Å²) in [6.07, 6.45) is 7.35. The molecule has 2 rings (SSSR count). The van der Waals surface area contributed by atoms with Gasteiger partial charge in [0, 0.05) is 12.2 Å². The average molecular weight is 423 g/mol. The van der Waals surface area contributed by atoms with Crippen LogP contribution >= 0.6 is 0 Å². The van der Waals surface area contributed by atoms with Crippen LogP contribution in [0.4, 0.5) is 0 Å². The van der Waals surface area contributed by atoms with Crippen molar-refractivity contribution < 1.29 is 19.1 Å². The Kier molecular flexibility index (Phi) is 13.1. The summed E-state index contributed by atoms with van der Waals surface area (Å²) in [5, 5.41) is 0. The lowest BCUT2D eigenvalue weighted by Gasteiger charge is -2.03. The maximum Gasteiger partial charge on any atom is 0.330 e. The quantitative estimate of drug-likeness (QED) is 0.357. The van der Waals surface area contributed by atoms with Gasteiger partial charge >= 0.3 is 11.9 Å². The van der Waals surface area contributed by atoms with Crippen molar-refractivity contribution in [3.8, 4) is 0 Å². The van der Waals surface area contributed by atoms with Gasteiger partial charge in [0.05, 0.1) is 13.2 Å². The van der Waals surface area contributed by atoms with E-state index in [-0.39, 0.29) is 11.9 Å². The number of benzene rings is 2. The second kappa shape index (κ2) is 15.7. The molecule has 2 aromatic rings. The highest BCUT2D eigenvalue weighted by Crippen LogP contribution is 2.03. The van der Waals surface area contributed by atoms with Crippen LogP contribution in [0.2, 0.25) is 0 Å². The lowest BCUT2D eigenvalue weighted by atomic mass is 10.1. The molecule has 0 bridgehead atoms. The smallest absolute Gasteiger partial charge is 0.330 e. The molecule has 0 fully saturated rings. The van der Waals surface area contributed by atoms with Crippen LogP contribution in [-0.4, -0.2) is 25.2 Å². The van der Waals surface area contributed by atoms with Crippen molar-refractivity contribution in [2.24, 2.45) is 11.8 Å². The fourth-order valence-corrected chi connectivity index (χ4v) is 2.20. The average Bonchev–Trinajstić information content (AvgIpc) is 2.76. The van der Waals surface area contributed by atoms with Gasteiger partial charge in [0.1, 0.15) is 0 Å². The van der Waals surface area contributed by atoms with E-state index >= 15 is 0 Å². The molecule has 0 heterocycles. The third-order valence-electron chi connectivity index (χ3n) is 3.92. The van der Waals surface area contributed by atoms with E-state index in [1.165, 1.54) is 12.2 Å². The molecule has 0 aromatic heterocycles. The van der Waals surface area contributed by atoms with Crippen LogP contribution in [0.25, 0.3) is 12.2 Å². The van der Waals surface area contributed by atoms with Crippen LogP contribution in [0.1, 0.15) is 45.2 Å². The van der Waals surface area contributed by atoms with Crippen molar-refractivity contribution in [1.29, 1.82) is 0 Å². The summed E-state index contributed by atoms with van der Waals surface area (Å²) in [4.78, 5) is 22.5. The van der Waals surface area contributed by atoms with E-state index in [9.17, 15) is 9.59 Å². The van der Waals surface area contributed by atoms with Gasteiger partial charge in [-0.2, -0.15) is 0 Å². The van der Waals surface area contributed by atoms with Crippen LogP contribution in [-0.2, 0) is 19.1 Å². The van der Waals surface area contributed by atoms with Crippen molar-refractivity contribution in [2.75, 3.05) is 13.2 Å². The first kappa shape index (κ1) is 25.9. The zero-order chi connectivity index (χ0) is 22.9. The molecule has 0 N–H and O–H groups in total. The maximum absolute atomic E-state index is 11.3. The predicted molar refractivity (Wildman–Crippen MR) is 127 cm³/mol. The lowest BCUT2D eigenvalue weighted by molar-refractivity contribution is -0.139. The molecule has 2 aromatic carbocycles. The first-order valence-corrected chi connectivity index (χ1v) is 10.7. The minimum Gasteiger partial charge on any atom is -0.463 e. The van der Waals surface area contributed by atoms with Crippen LogP contribution in [0.5, 0.6) is 0 Å². The molecule has 31 heavy (non-hydrogen) atoms. The summed E-state index contributed by atoms with van der Waals surface area (Å²) in [5.74, 6) is 0.377. The predicted octanol–water partition coefficient (Wildman–Crippen LogP) is 6.19. The highest BCUT2D eigenvalue weighted by molar-refractivity contribution is 5.87. The van der Waals surface area contributed by atoms with Crippen LogP contribution in [0.15, 0.2) is 72.8 Å². The zero-order valence-corrected chi connectivity index (χ0v) is 19.0. The fraction of sp³-hybridized carbons (Fsp3) is 0.333. The molecular formula is C27H34O4. The molecule has 0 amide bonds. The Bertz CT molecular complexity index is 806. The Hall–Kier alpha value is -3.14. The number of hydrogen-bond acceptors (Lipinski definition) is 4. The molecule has 0 aliphatic heterocycles. The monoisotopic (exact) mass is 422 g/mol. The van der Waals surface area contributed by atoms with Crippen molar-refractivity contribution in [2.45, 2.75) is 34.1 Å². The van der Waals surface area contributed by atoms with Crippen molar-refractivity contribution in [3.63, 3.8) is 0 Å². The summed E-state index contributed by atoms with van der Waals surface area (Å²) in [6, 6.07) is 19.4. The van der Waals surface area contributed by atoms with E-state index in [1.807, 2.05) is 74.5 Å². The molecule has 0 saturated heterocycles. The minimum atomic E-state index is -0.285. The van der Waals surface area contributed by atoms with Gasteiger partial charge in [-0.15, -0.1) is 0 Å². The van der Waals surface area contributed by atoms with Crippen LogP contribution < -0.4 is 0 Å². The molecule has 0 radical (unpaired) electrons. The molecule has 4 nitrogen and oxygen atoms in total. The van der Waals surface area contributed by atoms with Crippen molar-refractivity contribution in [1.82, 2.24) is 0 Å². The number of ether oxygens (including phenoxy) is 2. The Morgan fingerprint density at radius 2 is 1.16 bits per heavy atom. The minimum absolute atomic E-state index is 0.274. The summed E-state index contributed by atoms with van der Waals surface area (Å²) in [5.41, 5.74) is 2.00. The maximum atomic E-state index is 11.3. The highest BCUT2D eigenvalue weighted by atomic mass is 16.5. The Balaban J connectivity index is 0.000000311. The molecule has 166 valence electrons. The van der Waals surface area contributed by atoms with Gasteiger partial charge in [-0.1, -0.05) is 88.4 Å². The Labute approximate surface area is 186 Å². The van der Waals surface area contributed by atoms with Gasteiger partial charge in [-0.05, 0) is 41.5 Å². The molecule has 0 atom stereocenters. The third kappa shape index (κ3) is 14.5. The lowest BCUT2D eigenvalue weighted by Crippen LogP contribution is -2.06. The van der Waals surface area contributed by atoms with E-state index < -0.39 is 0 Å². The van der Waals surface area contributed by atoms with Gasteiger partial charge < -0.3 is 9.47 Å². The van der Waals surface area contributed by atoms with Crippen molar-refractivity contribution >= 4 is 24.1 Å². The fourth-order valence-electron chi connectivity index (χ4n) is 2.20. The van der Waals surface area contributed by atoms with Gasteiger partial charge in [-0.25, -0.2) is 9.59 Å². The van der Waals surface area contributed by atoms with E-state index in [4.69, 9.17) is 9.47 Å². The number of carbonyl (C=O) groups is 2. The second-order valence-corrected chi connectivity index (χ2v) is 7.86. The Morgan fingerprint density at radius 1 is 0.710 bits per heavy atom. The van der Waals surface area contributed by atoms with Gasteiger partial charge in [0.15, 0.2) is 0 Å². The zero-order valence-electron chi connectivity index (χ0n) is 19.0. The largest absolute Gasteiger partial charge is 0.463 e. The molecule has 0 aliphatic rings. The normalized spacial score (nSPS) is 10.9. The highest BCUT2D eigenvalue weighted by Gasteiger charge is 1.99. The first-order valence-electron chi connectivity index (χ1n) is 10.7. The van der Waals surface area contributed by atoms with E-state index in [0.717, 1.165) is 17.5 Å². The van der Waals surface area contributed by atoms with E-state index in [0.29, 0.717) is 25.0 Å². The summed E-state index contributed by atoms with van der Waals surface area (Å²) < 4.78 is 10.0. The summed E-state index contributed by atoms with van der Waals surface area (Å²) in [6.45, 7) is 9.19. The molecule has 0 unspecified atom stereocenters. The van der Waals surface area contributed by atoms with Gasteiger partial charge in [-0.3, -0.25) is 0 Å². The molecule has 0 spiro atoms. The molecule has 0 saturated carbocycles. The first-order chi connectivity index (χ1) is 14.9. The summed E-state index contributed by atoms with van der Waals surface area (Å²) >= 11 is 0. The molecular weight excluding hydrogens is 388 g/mol. The van der Waals surface area contributed by atoms with Gasteiger partial charge in [0.25, 0.3) is 0 Å². The van der Waals surface area contributed by atoms with E-state index in [2.05, 4.69) is 13.8 Å². The Morgan fingerprint density at radius 3 is 1.58 bits per heavy atom. The SMILES string of the molecule is CC(C)CCOC(=O)/C=C/c1ccccc1.CC(C)COC(=O)C=Cc1ccccc1. The van der Waals surface area contributed by atoms with Crippen LogP contribution in [0, 0.1) is 11.8 Å². The number of hydrogen-bond donors (Lipinski definition) is 0. The standard InChI is InChI=1S/C14H18O2.C13H16O2/c1-12(2)10-11-16-14(15)9-8-13-6-4-3-5-7-13;1-11(2)10-15-13(14)9-8-12-6-4-3-5-7-12/h3-9,12H,10-11H2,1-2H3;3-9,11H,10H2,1-2H3/b9-8+;. The van der Waals surface area contributed by atoms with Crippen LogP contribution in [0.3, 0.4) is 0 Å². The summed E-state index contributed by atoms with van der Waals surface area (Å²) in [7, 11) is 0. The number of esters is 2. The number of rotatable bonds is 9. The second-order valence-electron chi connectivity index (χ2n) is 7.86. The number of carbonyl (C=O) groups excluding carboxylic acids is 2. The molecule has 4 heteroatoms. The molecule has 0 aliphatic carbocycles. The third-order valence-corrected chi connectivity index (χ3v) is 3.92.